The molecule has 0 aromatic heterocycles. The van der Waals surface area contributed by atoms with Crippen molar-refractivity contribution in [2.24, 2.45) is 0 Å². The third-order valence-electron chi connectivity index (χ3n) is 5.34. The van der Waals surface area contributed by atoms with Crippen LogP contribution in [0.1, 0.15) is 48.2 Å². The smallest absolute Gasteiger partial charge is 0.339 e. The van der Waals surface area contributed by atoms with Crippen LogP contribution in [0.2, 0.25) is 0 Å². The number of aromatic carboxylic acids is 1. The molecule has 0 aliphatic heterocycles. The summed E-state index contributed by atoms with van der Waals surface area (Å²) in [4.78, 5) is 11.3. The molecule has 2 N–H and O–H groups in total. The highest BCUT2D eigenvalue weighted by Crippen LogP contribution is 2.34. The van der Waals surface area contributed by atoms with E-state index >= 15 is 0 Å². The van der Waals surface area contributed by atoms with Crippen LogP contribution in [0.15, 0.2) is 72.8 Å². The van der Waals surface area contributed by atoms with Gasteiger partial charge in [-0.3, -0.25) is 0 Å². The molecule has 3 aromatic rings. The van der Waals surface area contributed by atoms with Crippen molar-refractivity contribution in [3.63, 3.8) is 0 Å². The van der Waals surface area contributed by atoms with Gasteiger partial charge in [0.25, 0.3) is 0 Å². The summed E-state index contributed by atoms with van der Waals surface area (Å²) in [6.45, 7) is 5.31. The van der Waals surface area contributed by atoms with Gasteiger partial charge in [0.2, 0.25) is 0 Å². The van der Waals surface area contributed by atoms with E-state index in [0.717, 1.165) is 35.5 Å². The second-order valence-corrected chi connectivity index (χ2v) is 7.90. The number of benzene rings is 3. The third kappa shape index (κ3) is 5.79. The maximum Gasteiger partial charge on any atom is 0.339 e. The van der Waals surface area contributed by atoms with Gasteiger partial charge in [0.05, 0.1) is 13.2 Å². The zero-order chi connectivity index (χ0) is 22.3. The minimum atomic E-state index is -1.15. The van der Waals surface area contributed by atoms with E-state index in [1.165, 1.54) is 12.1 Å². The number of rotatable bonds is 10. The zero-order valence-electron chi connectivity index (χ0n) is 17.9. The van der Waals surface area contributed by atoms with Gasteiger partial charge in [0, 0.05) is 5.41 Å². The number of para-hydroxylation sites is 1. The van der Waals surface area contributed by atoms with Crippen LogP contribution in [0, 0.1) is 0 Å². The molecule has 0 heterocycles. The largest absolute Gasteiger partial charge is 0.507 e. The molecule has 3 aromatic carbocycles. The number of carboxylic acid groups (broad SMARTS) is 1. The fourth-order valence-corrected chi connectivity index (χ4v) is 3.33. The molecule has 0 saturated heterocycles. The van der Waals surface area contributed by atoms with Gasteiger partial charge in [0.1, 0.15) is 22.8 Å². The Labute approximate surface area is 182 Å². The zero-order valence-corrected chi connectivity index (χ0v) is 17.9. The number of unbranched alkanes of at least 4 members (excludes halogenated alkanes) is 1. The Bertz CT molecular complexity index is 994. The Morgan fingerprint density at radius 1 is 0.806 bits per heavy atom. The second kappa shape index (κ2) is 10.0. The number of carbonyl (C=O) groups is 1. The quantitative estimate of drug-likeness (QED) is 0.414. The number of hydrogen-bond acceptors (Lipinski definition) is 4. The molecule has 0 atom stereocenters. The van der Waals surface area contributed by atoms with Crippen LogP contribution in [0.4, 0.5) is 0 Å². The van der Waals surface area contributed by atoms with Crippen LogP contribution in [0.3, 0.4) is 0 Å². The molecule has 0 unspecified atom stereocenters. The van der Waals surface area contributed by atoms with Gasteiger partial charge >= 0.3 is 5.97 Å². The Morgan fingerprint density at radius 3 is 1.94 bits per heavy atom. The summed E-state index contributed by atoms with van der Waals surface area (Å²) >= 11 is 0. The molecule has 162 valence electrons. The van der Waals surface area contributed by atoms with E-state index in [2.05, 4.69) is 0 Å². The lowest BCUT2D eigenvalue weighted by Crippen LogP contribution is -2.19. The highest BCUT2D eigenvalue weighted by atomic mass is 16.5. The van der Waals surface area contributed by atoms with Gasteiger partial charge in [-0.05, 0) is 60.4 Å². The predicted octanol–water partition coefficient (Wildman–Crippen LogP) is 5.65. The maximum absolute atomic E-state index is 11.3. The molecule has 0 fully saturated rings. The third-order valence-corrected chi connectivity index (χ3v) is 5.34. The molecule has 0 aliphatic rings. The number of ether oxygens (including phenoxy) is 2. The van der Waals surface area contributed by atoms with Gasteiger partial charge in [-0.1, -0.05) is 50.2 Å². The van der Waals surface area contributed by atoms with Crippen molar-refractivity contribution in [1.29, 1.82) is 0 Å². The fourth-order valence-electron chi connectivity index (χ4n) is 3.33. The minimum Gasteiger partial charge on any atom is -0.507 e. The first-order valence-electron chi connectivity index (χ1n) is 10.4. The Balaban J connectivity index is 1.52. The summed E-state index contributed by atoms with van der Waals surface area (Å²) in [7, 11) is 0. The predicted molar refractivity (Wildman–Crippen MR) is 120 cm³/mol. The van der Waals surface area contributed by atoms with Crippen LogP contribution in [-0.4, -0.2) is 29.4 Å². The lowest BCUT2D eigenvalue weighted by atomic mass is 9.77. The van der Waals surface area contributed by atoms with Crippen LogP contribution in [0.25, 0.3) is 0 Å². The molecule has 5 nitrogen and oxygen atoms in total. The summed E-state index contributed by atoms with van der Waals surface area (Å²) in [5.74, 6) is 0.296. The molecule has 0 saturated carbocycles. The van der Waals surface area contributed by atoms with Crippen LogP contribution < -0.4 is 9.47 Å². The van der Waals surface area contributed by atoms with Gasteiger partial charge in [-0.2, -0.15) is 0 Å². The summed E-state index contributed by atoms with van der Waals surface area (Å²) in [5, 5.41) is 19.0. The van der Waals surface area contributed by atoms with Gasteiger partial charge in [0.15, 0.2) is 0 Å². The molecule has 3 rings (SSSR count). The second-order valence-electron chi connectivity index (χ2n) is 7.90. The van der Waals surface area contributed by atoms with Crippen LogP contribution in [0.5, 0.6) is 17.2 Å². The highest BCUT2D eigenvalue weighted by Gasteiger charge is 2.25. The molecule has 0 bridgehead atoms. The lowest BCUT2D eigenvalue weighted by Gasteiger charge is -2.27. The van der Waals surface area contributed by atoms with Crippen molar-refractivity contribution >= 4 is 5.97 Å². The first-order valence-corrected chi connectivity index (χ1v) is 10.4. The first-order chi connectivity index (χ1) is 14.9. The van der Waals surface area contributed by atoms with E-state index in [1.807, 2.05) is 68.4 Å². The van der Waals surface area contributed by atoms with E-state index in [9.17, 15) is 15.0 Å². The Hall–Kier alpha value is -3.47. The maximum atomic E-state index is 11.3. The lowest BCUT2D eigenvalue weighted by molar-refractivity contribution is 0.0693. The summed E-state index contributed by atoms with van der Waals surface area (Å²) < 4.78 is 11.5. The normalized spacial score (nSPS) is 11.2. The van der Waals surface area contributed by atoms with Crippen molar-refractivity contribution in [2.45, 2.75) is 32.1 Å². The van der Waals surface area contributed by atoms with E-state index in [4.69, 9.17) is 9.47 Å². The van der Waals surface area contributed by atoms with E-state index < -0.39 is 11.4 Å². The molecule has 0 amide bonds. The SMILES string of the molecule is CC(C)(c1ccc(OCCCCOc2ccccc2)cc1)c1ccc(O)c(C(=O)O)c1. The molecule has 0 radical (unpaired) electrons. The summed E-state index contributed by atoms with van der Waals surface area (Å²) in [5.41, 5.74) is 1.32. The van der Waals surface area contributed by atoms with E-state index in [0.29, 0.717) is 13.2 Å². The van der Waals surface area contributed by atoms with Crippen molar-refractivity contribution in [3.8, 4) is 17.2 Å². The molecule has 5 heteroatoms. The van der Waals surface area contributed by atoms with Gasteiger partial charge < -0.3 is 19.7 Å². The molecular formula is C26H28O5. The van der Waals surface area contributed by atoms with Gasteiger partial charge in [-0.15, -0.1) is 0 Å². The summed E-state index contributed by atoms with van der Waals surface area (Å²) in [6, 6.07) is 22.3. The van der Waals surface area contributed by atoms with Crippen LogP contribution in [-0.2, 0) is 5.41 Å². The number of carboxylic acids is 1. The fraction of sp³-hybridized carbons (Fsp3) is 0.269. The minimum absolute atomic E-state index is 0.0956. The molecule has 0 spiro atoms. The molecular weight excluding hydrogens is 392 g/mol. The highest BCUT2D eigenvalue weighted by molar-refractivity contribution is 5.91. The number of aromatic hydroxyl groups is 1. The van der Waals surface area contributed by atoms with Crippen LogP contribution >= 0.6 is 0 Å². The van der Waals surface area contributed by atoms with E-state index in [-0.39, 0.29) is 11.3 Å². The standard InChI is InChI=1S/C26H28O5/c1-26(2,20-12-15-24(27)23(18-20)25(28)29)19-10-13-22(14-11-19)31-17-7-6-16-30-21-8-4-3-5-9-21/h3-5,8-15,18,27H,6-7,16-17H2,1-2H3,(H,28,29). The average molecular weight is 421 g/mol. The van der Waals surface area contributed by atoms with E-state index in [1.54, 1.807) is 6.07 Å². The van der Waals surface area contributed by atoms with Crippen molar-refractivity contribution in [1.82, 2.24) is 0 Å². The van der Waals surface area contributed by atoms with Gasteiger partial charge in [-0.25, -0.2) is 4.79 Å². The molecule has 0 aliphatic carbocycles. The Kier molecular flexibility index (Phi) is 7.19. The number of phenols is 1. The number of hydrogen-bond donors (Lipinski definition) is 2. The van der Waals surface area contributed by atoms with Crippen molar-refractivity contribution in [2.75, 3.05) is 13.2 Å². The monoisotopic (exact) mass is 420 g/mol. The average Bonchev–Trinajstić information content (AvgIpc) is 2.77. The van der Waals surface area contributed by atoms with Crippen molar-refractivity contribution in [3.05, 3.63) is 89.5 Å². The van der Waals surface area contributed by atoms with Crippen molar-refractivity contribution < 1.29 is 24.5 Å². The topological polar surface area (TPSA) is 76.0 Å². The molecule has 31 heavy (non-hydrogen) atoms. The Morgan fingerprint density at radius 2 is 1.35 bits per heavy atom. The first kappa shape index (κ1) is 22.2. The summed E-state index contributed by atoms with van der Waals surface area (Å²) in [6.07, 6.45) is 1.80.